The summed E-state index contributed by atoms with van der Waals surface area (Å²) < 4.78 is 24.0. The van der Waals surface area contributed by atoms with Gasteiger partial charge in [0.25, 0.3) is 0 Å². The number of rotatable bonds is 5. The van der Waals surface area contributed by atoms with Gasteiger partial charge in [0.1, 0.15) is 18.2 Å². The van der Waals surface area contributed by atoms with Gasteiger partial charge in [-0.1, -0.05) is 0 Å². The highest BCUT2D eigenvalue weighted by molar-refractivity contribution is 9.10. The average Bonchev–Trinajstić information content (AvgIpc) is 2.40. The molecule has 1 fully saturated rings. The van der Waals surface area contributed by atoms with Crippen LogP contribution in [0.4, 0.5) is 4.39 Å². The fourth-order valence-corrected chi connectivity index (χ4v) is 2.57. The molecule has 1 aromatic rings. The summed E-state index contributed by atoms with van der Waals surface area (Å²) in [6.45, 7) is 1.07. The number of aliphatic hydroxyl groups is 2. The lowest BCUT2D eigenvalue weighted by Gasteiger charge is -2.33. The smallest absolute Gasteiger partial charge is 0.137 e. The quantitative estimate of drug-likeness (QED) is 0.856. The molecule has 0 spiro atoms. The van der Waals surface area contributed by atoms with Gasteiger partial charge in [-0.05, 0) is 47.0 Å². The van der Waals surface area contributed by atoms with Crippen LogP contribution in [0.15, 0.2) is 22.7 Å². The zero-order chi connectivity index (χ0) is 14.6. The van der Waals surface area contributed by atoms with Crippen molar-refractivity contribution in [3.05, 3.63) is 28.5 Å². The molecule has 1 atom stereocenters. The third-order valence-electron chi connectivity index (χ3n) is 3.37. The number of ether oxygens (including phenoxy) is 2. The Morgan fingerprint density at radius 2 is 2.10 bits per heavy atom. The van der Waals surface area contributed by atoms with E-state index in [1.165, 1.54) is 18.2 Å². The molecule has 1 aliphatic heterocycles. The van der Waals surface area contributed by atoms with E-state index in [2.05, 4.69) is 15.9 Å². The van der Waals surface area contributed by atoms with E-state index in [0.717, 1.165) is 0 Å². The molecule has 2 N–H and O–H groups in total. The predicted molar refractivity (Wildman–Crippen MR) is 75.2 cm³/mol. The van der Waals surface area contributed by atoms with E-state index in [9.17, 15) is 14.6 Å². The Bertz CT molecular complexity index is 449. The molecule has 0 radical (unpaired) electrons. The Morgan fingerprint density at radius 3 is 2.75 bits per heavy atom. The van der Waals surface area contributed by atoms with Crippen molar-refractivity contribution >= 4 is 15.9 Å². The first-order chi connectivity index (χ1) is 9.48. The first-order valence-electron chi connectivity index (χ1n) is 6.55. The largest absolute Gasteiger partial charge is 0.491 e. The van der Waals surface area contributed by atoms with Gasteiger partial charge in [-0.15, -0.1) is 0 Å². The molecule has 6 heteroatoms. The second-order valence-corrected chi connectivity index (χ2v) is 5.94. The first-order valence-corrected chi connectivity index (χ1v) is 7.34. The van der Waals surface area contributed by atoms with Crippen molar-refractivity contribution in [2.45, 2.75) is 31.0 Å². The zero-order valence-electron chi connectivity index (χ0n) is 11.0. The highest BCUT2D eigenvalue weighted by Crippen LogP contribution is 2.26. The zero-order valence-corrected chi connectivity index (χ0v) is 12.6. The lowest BCUT2D eigenvalue weighted by atomic mass is 9.88. The summed E-state index contributed by atoms with van der Waals surface area (Å²) in [7, 11) is 0. The monoisotopic (exact) mass is 348 g/mol. The Hall–Kier alpha value is -0.690. The SMILES string of the molecule is OC(COc1ccc(F)c(Br)c1)CC1(O)CCOCC1. The van der Waals surface area contributed by atoms with E-state index >= 15 is 0 Å². The van der Waals surface area contributed by atoms with Crippen LogP contribution in [0.25, 0.3) is 0 Å². The van der Waals surface area contributed by atoms with Crippen molar-refractivity contribution < 1.29 is 24.1 Å². The molecule has 4 nitrogen and oxygen atoms in total. The molecule has 0 bridgehead atoms. The summed E-state index contributed by atoms with van der Waals surface area (Å²) in [6, 6.07) is 4.29. The maximum atomic E-state index is 13.1. The van der Waals surface area contributed by atoms with E-state index in [4.69, 9.17) is 9.47 Å². The summed E-state index contributed by atoms with van der Waals surface area (Å²) in [6.07, 6.45) is 0.513. The molecular weight excluding hydrogens is 331 g/mol. The molecule has 0 aliphatic carbocycles. The Morgan fingerprint density at radius 1 is 1.40 bits per heavy atom. The molecule has 1 aliphatic rings. The average molecular weight is 349 g/mol. The van der Waals surface area contributed by atoms with Crippen LogP contribution in [-0.2, 0) is 4.74 Å². The van der Waals surface area contributed by atoms with Gasteiger partial charge in [-0.25, -0.2) is 4.39 Å². The van der Waals surface area contributed by atoms with Crippen LogP contribution in [0, 0.1) is 5.82 Å². The van der Waals surface area contributed by atoms with E-state index in [0.29, 0.717) is 36.3 Å². The number of hydrogen-bond acceptors (Lipinski definition) is 4. The van der Waals surface area contributed by atoms with Crippen molar-refractivity contribution in [3.8, 4) is 5.75 Å². The number of benzene rings is 1. The summed E-state index contributed by atoms with van der Waals surface area (Å²) in [4.78, 5) is 0. The Kier molecular flexibility index (Phi) is 5.37. The molecule has 20 heavy (non-hydrogen) atoms. The highest BCUT2D eigenvalue weighted by Gasteiger charge is 2.32. The molecule has 1 heterocycles. The maximum Gasteiger partial charge on any atom is 0.137 e. The minimum absolute atomic E-state index is 0.0568. The van der Waals surface area contributed by atoms with Crippen LogP contribution in [0.1, 0.15) is 19.3 Å². The van der Waals surface area contributed by atoms with Gasteiger partial charge in [0.05, 0.1) is 16.2 Å². The van der Waals surface area contributed by atoms with Crippen LogP contribution in [0.5, 0.6) is 5.75 Å². The van der Waals surface area contributed by atoms with E-state index in [1.54, 1.807) is 0 Å². The number of hydrogen-bond donors (Lipinski definition) is 2. The number of halogens is 2. The van der Waals surface area contributed by atoms with Gasteiger partial charge in [0, 0.05) is 19.6 Å². The molecule has 2 rings (SSSR count). The number of aliphatic hydroxyl groups excluding tert-OH is 1. The molecule has 1 saturated heterocycles. The lowest BCUT2D eigenvalue weighted by molar-refractivity contribution is -0.0906. The van der Waals surface area contributed by atoms with E-state index in [-0.39, 0.29) is 18.8 Å². The molecular formula is C14H18BrFO4. The van der Waals surface area contributed by atoms with Crippen LogP contribution in [0.2, 0.25) is 0 Å². The molecule has 0 aromatic heterocycles. The second kappa shape index (κ2) is 6.85. The molecule has 0 amide bonds. The van der Waals surface area contributed by atoms with Crippen LogP contribution < -0.4 is 4.74 Å². The van der Waals surface area contributed by atoms with Gasteiger partial charge in [-0.2, -0.15) is 0 Å². The van der Waals surface area contributed by atoms with Crippen LogP contribution >= 0.6 is 15.9 Å². The van der Waals surface area contributed by atoms with Gasteiger partial charge in [-0.3, -0.25) is 0 Å². The minimum atomic E-state index is -0.885. The summed E-state index contributed by atoms with van der Waals surface area (Å²) >= 11 is 3.07. The predicted octanol–water partition coefficient (Wildman–Crippen LogP) is 2.26. The molecule has 112 valence electrons. The van der Waals surface area contributed by atoms with Crippen LogP contribution in [0.3, 0.4) is 0 Å². The van der Waals surface area contributed by atoms with Crippen molar-refractivity contribution in [3.63, 3.8) is 0 Å². The summed E-state index contributed by atoms with van der Waals surface area (Å²) in [5.74, 6) is 0.103. The highest BCUT2D eigenvalue weighted by atomic mass is 79.9. The first kappa shape index (κ1) is 15.7. The van der Waals surface area contributed by atoms with Gasteiger partial charge in [0.2, 0.25) is 0 Å². The summed E-state index contributed by atoms with van der Waals surface area (Å²) in [5.41, 5.74) is -0.885. The van der Waals surface area contributed by atoms with Gasteiger partial charge >= 0.3 is 0 Å². The standard InChI is InChI=1S/C14H18BrFO4/c15-12-7-11(1-2-13(12)16)20-9-10(17)8-14(18)3-5-19-6-4-14/h1-2,7,10,17-18H,3-6,8-9H2. The minimum Gasteiger partial charge on any atom is -0.491 e. The lowest BCUT2D eigenvalue weighted by Crippen LogP contribution is -2.40. The molecule has 1 unspecified atom stereocenters. The third kappa shape index (κ3) is 4.41. The van der Waals surface area contributed by atoms with E-state index < -0.39 is 11.7 Å². The molecule has 0 saturated carbocycles. The third-order valence-corrected chi connectivity index (χ3v) is 3.98. The van der Waals surface area contributed by atoms with E-state index in [1.807, 2.05) is 0 Å². The van der Waals surface area contributed by atoms with Crippen molar-refractivity contribution in [2.75, 3.05) is 19.8 Å². The van der Waals surface area contributed by atoms with Crippen molar-refractivity contribution in [1.29, 1.82) is 0 Å². The normalized spacial score (nSPS) is 19.6. The fraction of sp³-hybridized carbons (Fsp3) is 0.571. The van der Waals surface area contributed by atoms with Gasteiger partial charge < -0.3 is 19.7 Å². The fourth-order valence-electron chi connectivity index (χ4n) is 2.21. The Labute approximate surface area is 125 Å². The maximum absolute atomic E-state index is 13.1. The van der Waals surface area contributed by atoms with Gasteiger partial charge in [0.15, 0.2) is 0 Å². The summed E-state index contributed by atoms with van der Waals surface area (Å²) in [5, 5.41) is 20.2. The van der Waals surface area contributed by atoms with Crippen molar-refractivity contribution in [1.82, 2.24) is 0 Å². The topological polar surface area (TPSA) is 58.9 Å². The van der Waals surface area contributed by atoms with Crippen molar-refractivity contribution in [2.24, 2.45) is 0 Å². The second-order valence-electron chi connectivity index (χ2n) is 5.08. The molecule has 1 aromatic carbocycles. The Balaban J connectivity index is 1.82. The van der Waals surface area contributed by atoms with Crippen LogP contribution in [-0.4, -0.2) is 41.7 Å².